The monoisotopic (exact) mass is 452 g/mol. The van der Waals surface area contributed by atoms with Crippen molar-refractivity contribution in [1.29, 1.82) is 0 Å². The zero-order chi connectivity index (χ0) is 22.7. The molecule has 6 nitrogen and oxygen atoms in total. The number of carbonyl (C=O) groups is 2. The quantitative estimate of drug-likeness (QED) is 0.578. The predicted octanol–water partition coefficient (Wildman–Crippen LogP) is 4.43. The van der Waals surface area contributed by atoms with Crippen molar-refractivity contribution >= 4 is 19.2 Å². The molecule has 0 aliphatic heterocycles. The van der Waals surface area contributed by atoms with E-state index >= 15 is 0 Å². The van der Waals surface area contributed by atoms with Gasteiger partial charge in [-0.3, -0.25) is 14.2 Å². The Kier molecular flexibility index (Phi) is 5.95. The average molecular weight is 453 g/mol. The maximum atomic E-state index is 13.2. The number of hydrogen-bond donors (Lipinski definition) is 2. The van der Waals surface area contributed by atoms with E-state index < -0.39 is 18.6 Å². The Morgan fingerprint density at radius 1 is 1.16 bits per heavy atom. The third-order valence-electron chi connectivity index (χ3n) is 9.53. The van der Waals surface area contributed by atoms with Crippen molar-refractivity contribution in [2.24, 2.45) is 28.6 Å². The molecule has 7 atom stereocenters. The molecule has 3 fully saturated rings. The Bertz CT molecular complexity index is 851. The Morgan fingerprint density at radius 3 is 2.58 bits per heavy atom. The summed E-state index contributed by atoms with van der Waals surface area (Å²) in [7, 11) is -3.79. The number of Topliss-reactive ketones (excluding diaryl/α,β-unsaturated/α-hetero) is 1. The molecular formula is C24H37O6P. The first-order valence-electron chi connectivity index (χ1n) is 11.9. The molecule has 4 aliphatic rings. The van der Waals surface area contributed by atoms with Crippen LogP contribution in [-0.2, 0) is 18.7 Å². The van der Waals surface area contributed by atoms with E-state index in [-0.39, 0.29) is 42.1 Å². The van der Waals surface area contributed by atoms with Gasteiger partial charge in [-0.1, -0.05) is 19.4 Å². The zero-order valence-corrected chi connectivity index (χ0v) is 20.0. The van der Waals surface area contributed by atoms with Crippen molar-refractivity contribution in [2.45, 2.75) is 84.2 Å². The normalized spacial score (nSPS) is 44.0. The smallest absolute Gasteiger partial charge is 0.328 e. The summed E-state index contributed by atoms with van der Waals surface area (Å²) in [6, 6.07) is 0. The summed E-state index contributed by atoms with van der Waals surface area (Å²) in [6.07, 6.45) is 7.98. The summed E-state index contributed by atoms with van der Waals surface area (Å²) in [5.74, 6) is 1.15. The molecule has 7 heteroatoms. The van der Waals surface area contributed by atoms with Gasteiger partial charge in [-0.15, -0.1) is 0 Å². The van der Waals surface area contributed by atoms with Gasteiger partial charge in [0.25, 0.3) is 0 Å². The number of ketones is 2. The molecule has 31 heavy (non-hydrogen) atoms. The number of aliphatic hydroxyl groups is 1. The van der Waals surface area contributed by atoms with E-state index in [1.54, 1.807) is 6.92 Å². The maximum absolute atomic E-state index is 13.2. The van der Waals surface area contributed by atoms with E-state index in [9.17, 15) is 24.2 Å². The Hall–Kier alpha value is -0.810. The van der Waals surface area contributed by atoms with Crippen LogP contribution in [0.4, 0.5) is 0 Å². The van der Waals surface area contributed by atoms with Gasteiger partial charge in [0.05, 0.1) is 12.8 Å². The lowest BCUT2D eigenvalue weighted by atomic mass is 9.46. The molecule has 0 aromatic heterocycles. The van der Waals surface area contributed by atoms with Gasteiger partial charge in [0, 0.05) is 18.3 Å². The van der Waals surface area contributed by atoms with Gasteiger partial charge in [0.15, 0.2) is 11.6 Å². The molecule has 0 aromatic carbocycles. The SMILES string of the molecule is CCOP(=O)(O)CCC(=O)C1(O)CCC2C3CCC4=CC(=O)CCC4(C)C3CCC21C. The zero-order valence-electron chi connectivity index (χ0n) is 19.1. The van der Waals surface area contributed by atoms with E-state index in [2.05, 4.69) is 13.8 Å². The average Bonchev–Trinajstić information content (AvgIpc) is 2.99. The molecule has 174 valence electrons. The molecule has 0 saturated heterocycles. The van der Waals surface area contributed by atoms with Crippen LogP contribution in [0.2, 0.25) is 0 Å². The van der Waals surface area contributed by atoms with E-state index in [0.29, 0.717) is 24.7 Å². The highest BCUT2D eigenvalue weighted by atomic mass is 31.2. The molecule has 0 heterocycles. The van der Waals surface area contributed by atoms with Gasteiger partial charge in [-0.25, -0.2) is 0 Å². The molecule has 0 aromatic rings. The molecule has 4 rings (SSSR count). The molecule has 0 spiro atoms. The minimum atomic E-state index is -3.79. The first kappa shape index (κ1) is 23.4. The van der Waals surface area contributed by atoms with Crippen LogP contribution in [0.25, 0.3) is 0 Å². The highest BCUT2D eigenvalue weighted by Crippen LogP contribution is 2.67. The third kappa shape index (κ3) is 3.62. The number of hydrogen-bond acceptors (Lipinski definition) is 5. The van der Waals surface area contributed by atoms with Crippen molar-refractivity contribution in [3.05, 3.63) is 11.6 Å². The van der Waals surface area contributed by atoms with Crippen LogP contribution in [0.3, 0.4) is 0 Å². The number of allylic oxidation sites excluding steroid dienone is 1. The second-order valence-electron chi connectivity index (χ2n) is 10.8. The third-order valence-corrected chi connectivity index (χ3v) is 11.0. The molecule has 7 unspecified atom stereocenters. The van der Waals surface area contributed by atoms with Gasteiger partial charge in [-0.2, -0.15) is 0 Å². The van der Waals surface area contributed by atoms with Gasteiger partial charge in [0.1, 0.15) is 5.60 Å². The van der Waals surface area contributed by atoms with Gasteiger partial charge < -0.3 is 14.5 Å². The van der Waals surface area contributed by atoms with E-state index in [1.807, 2.05) is 6.08 Å². The fraction of sp³-hybridized carbons (Fsp3) is 0.833. The van der Waals surface area contributed by atoms with Crippen LogP contribution in [0.15, 0.2) is 11.6 Å². The molecule has 2 N–H and O–H groups in total. The Morgan fingerprint density at radius 2 is 1.87 bits per heavy atom. The number of rotatable bonds is 6. The predicted molar refractivity (Wildman–Crippen MR) is 118 cm³/mol. The van der Waals surface area contributed by atoms with Crippen molar-refractivity contribution in [3.63, 3.8) is 0 Å². The van der Waals surface area contributed by atoms with Crippen LogP contribution < -0.4 is 0 Å². The van der Waals surface area contributed by atoms with Crippen molar-refractivity contribution in [2.75, 3.05) is 12.8 Å². The molecule has 0 radical (unpaired) electrons. The molecule has 0 amide bonds. The number of fused-ring (bicyclic) bond motifs is 5. The van der Waals surface area contributed by atoms with Gasteiger partial charge >= 0.3 is 7.60 Å². The van der Waals surface area contributed by atoms with Crippen LogP contribution in [0.5, 0.6) is 0 Å². The van der Waals surface area contributed by atoms with Crippen LogP contribution >= 0.6 is 7.60 Å². The first-order chi connectivity index (χ1) is 14.5. The van der Waals surface area contributed by atoms with Gasteiger partial charge in [0.2, 0.25) is 0 Å². The lowest BCUT2D eigenvalue weighted by molar-refractivity contribution is -0.161. The van der Waals surface area contributed by atoms with Crippen molar-refractivity contribution in [1.82, 2.24) is 0 Å². The second kappa shape index (κ2) is 7.90. The lowest BCUT2D eigenvalue weighted by Crippen LogP contribution is -2.57. The summed E-state index contributed by atoms with van der Waals surface area (Å²) in [4.78, 5) is 35.0. The first-order valence-corrected chi connectivity index (χ1v) is 13.7. The fourth-order valence-corrected chi connectivity index (χ4v) is 8.77. The van der Waals surface area contributed by atoms with Crippen LogP contribution in [0.1, 0.15) is 78.6 Å². The van der Waals surface area contributed by atoms with E-state index in [1.165, 1.54) is 5.57 Å². The lowest BCUT2D eigenvalue weighted by Gasteiger charge is -2.58. The Balaban J connectivity index is 1.54. The summed E-state index contributed by atoms with van der Waals surface area (Å²) in [6.45, 7) is 6.16. The van der Waals surface area contributed by atoms with Crippen LogP contribution in [-0.4, -0.2) is 39.9 Å². The molecule has 0 bridgehead atoms. The highest BCUT2D eigenvalue weighted by Gasteiger charge is 2.66. The summed E-state index contributed by atoms with van der Waals surface area (Å²) >= 11 is 0. The molecule has 4 aliphatic carbocycles. The largest absolute Gasteiger partial charge is 0.381 e. The van der Waals surface area contributed by atoms with Gasteiger partial charge in [-0.05, 0) is 81.1 Å². The minimum absolute atomic E-state index is 0.0594. The molecular weight excluding hydrogens is 415 g/mol. The van der Waals surface area contributed by atoms with Crippen molar-refractivity contribution < 1.29 is 28.7 Å². The number of carbonyl (C=O) groups excluding carboxylic acids is 2. The van der Waals surface area contributed by atoms with Crippen molar-refractivity contribution in [3.8, 4) is 0 Å². The minimum Gasteiger partial charge on any atom is -0.381 e. The summed E-state index contributed by atoms with van der Waals surface area (Å²) in [5.41, 5.74) is -0.566. The maximum Gasteiger partial charge on any atom is 0.328 e. The molecule has 3 saturated carbocycles. The standard InChI is InChI=1S/C24H37O6P/c1-4-30-31(28,29)14-10-21(26)24(27)13-9-20-18-6-5-16-15-17(25)7-11-22(16,2)19(18)8-12-23(20,24)3/h15,18-20,27H,4-14H2,1-3H3,(H,28,29). The second-order valence-corrected chi connectivity index (χ2v) is 12.8. The van der Waals surface area contributed by atoms with E-state index in [0.717, 1.165) is 38.5 Å². The highest BCUT2D eigenvalue weighted by molar-refractivity contribution is 7.52. The summed E-state index contributed by atoms with van der Waals surface area (Å²) in [5, 5.41) is 11.6. The van der Waals surface area contributed by atoms with Crippen LogP contribution in [0, 0.1) is 28.6 Å². The Labute approximate surface area is 185 Å². The van der Waals surface area contributed by atoms with E-state index in [4.69, 9.17) is 4.52 Å². The fourth-order valence-electron chi connectivity index (χ4n) is 7.75. The topological polar surface area (TPSA) is 101 Å². The summed E-state index contributed by atoms with van der Waals surface area (Å²) < 4.78 is 16.9.